The first-order valence-electron chi connectivity index (χ1n) is 12.7. The zero-order chi connectivity index (χ0) is 24.2. The molecule has 0 N–H and O–H groups in total. The Labute approximate surface area is 210 Å². The summed E-state index contributed by atoms with van der Waals surface area (Å²) in [4.78, 5) is 19.0. The first kappa shape index (κ1) is 21.5. The highest BCUT2D eigenvalue weighted by Gasteiger charge is 2.45. The number of anilines is 1. The number of methoxy groups -OCH3 is 1. The Hall–Kier alpha value is -3.77. The summed E-state index contributed by atoms with van der Waals surface area (Å²) >= 11 is 0. The number of rotatable bonds is 6. The van der Waals surface area contributed by atoms with E-state index in [9.17, 15) is 5.26 Å². The molecular weight excluding hydrogens is 452 g/mol. The molecule has 3 aromatic rings. The second kappa shape index (κ2) is 8.42. The molecule has 7 heterocycles. The molecule has 8 rings (SSSR count). The van der Waals surface area contributed by atoms with Crippen LogP contribution in [0.15, 0.2) is 42.5 Å². The van der Waals surface area contributed by atoms with Gasteiger partial charge in [-0.25, -0.2) is 14.6 Å². The van der Waals surface area contributed by atoms with Crippen molar-refractivity contribution in [2.45, 2.75) is 50.2 Å². The first-order valence-corrected chi connectivity index (χ1v) is 12.7. The number of hydrogen-bond acceptors (Lipinski definition) is 8. The topological polar surface area (TPSA) is 96.0 Å². The number of fused-ring (bicyclic) bond motifs is 3. The number of ether oxygens (including phenoxy) is 1. The molecule has 182 valence electrons. The van der Waals surface area contributed by atoms with Crippen LogP contribution in [0.3, 0.4) is 0 Å². The van der Waals surface area contributed by atoms with Gasteiger partial charge in [0, 0.05) is 50.2 Å². The molecule has 3 atom stereocenters. The summed E-state index contributed by atoms with van der Waals surface area (Å²) in [5.74, 6) is 2.26. The van der Waals surface area contributed by atoms with Crippen LogP contribution in [-0.4, -0.2) is 61.9 Å². The molecule has 5 aliphatic rings. The fourth-order valence-electron chi connectivity index (χ4n) is 6.06. The third-order valence-electron chi connectivity index (χ3n) is 8.17. The van der Waals surface area contributed by atoms with Crippen LogP contribution >= 0.6 is 0 Å². The molecular formula is C27H28N8O. The molecule has 0 radical (unpaired) electrons. The summed E-state index contributed by atoms with van der Waals surface area (Å²) in [6.45, 7) is 2.83. The Balaban J connectivity index is 1.05. The zero-order valence-electron chi connectivity index (χ0n) is 20.3. The maximum Gasteiger partial charge on any atom is 0.212 e. The summed E-state index contributed by atoms with van der Waals surface area (Å²) in [5, 5.41) is 14.1. The van der Waals surface area contributed by atoms with Crippen molar-refractivity contribution in [3.63, 3.8) is 0 Å². The summed E-state index contributed by atoms with van der Waals surface area (Å²) in [7, 11) is 1.64. The third-order valence-corrected chi connectivity index (χ3v) is 8.17. The fourth-order valence-corrected chi connectivity index (χ4v) is 6.06. The van der Waals surface area contributed by atoms with Gasteiger partial charge in [0.05, 0.1) is 48.6 Å². The van der Waals surface area contributed by atoms with Gasteiger partial charge in [-0.15, -0.1) is 0 Å². The minimum Gasteiger partial charge on any atom is -0.481 e. The number of hydrogen-bond donors (Lipinski definition) is 0. The molecule has 36 heavy (non-hydrogen) atoms. The summed E-state index contributed by atoms with van der Waals surface area (Å²) in [6, 6.07) is 7.37. The molecule has 4 fully saturated rings. The molecule has 9 heteroatoms. The molecule has 0 spiro atoms. The van der Waals surface area contributed by atoms with Crippen LogP contribution in [0.2, 0.25) is 0 Å². The maximum atomic E-state index is 9.64. The summed E-state index contributed by atoms with van der Waals surface area (Å²) in [5.41, 5.74) is 5.10. The Bertz CT molecular complexity index is 1340. The van der Waals surface area contributed by atoms with Crippen molar-refractivity contribution in [1.82, 2.24) is 29.6 Å². The normalized spacial score (nSPS) is 24.9. The van der Waals surface area contributed by atoms with Crippen LogP contribution in [0, 0.1) is 17.2 Å². The van der Waals surface area contributed by atoms with Crippen molar-refractivity contribution in [3.8, 4) is 11.9 Å². The molecule has 9 nitrogen and oxygen atoms in total. The van der Waals surface area contributed by atoms with E-state index in [-0.39, 0.29) is 5.92 Å². The van der Waals surface area contributed by atoms with Gasteiger partial charge in [0.1, 0.15) is 11.9 Å². The fraction of sp³-hybridized carbons (Fsp3) is 0.444. The van der Waals surface area contributed by atoms with Gasteiger partial charge < -0.3 is 9.64 Å². The first-order chi connectivity index (χ1) is 17.7. The van der Waals surface area contributed by atoms with Crippen molar-refractivity contribution in [2.75, 3.05) is 25.1 Å². The van der Waals surface area contributed by atoms with E-state index in [1.807, 2.05) is 29.3 Å². The number of piperazine rings is 1. The zero-order valence-corrected chi connectivity index (χ0v) is 20.3. The second-order valence-electron chi connectivity index (χ2n) is 10.4. The smallest absolute Gasteiger partial charge is 0.212 e. The van der Waals surface area contributed by atoms with E-state index in [0.717, 1.165) is 43.3 Å². The SMILES string of the molecule is COc1ccc(CN2C3CC2CN(c2cnc(C4CC(C5CC5)=Cn5ncc(C#N)c54)cn2)C3)cn1. The van der Waals surface area contributed by atoms with Crippen LogP contribution in [0.1, 0.15) is 54.1 Å². The number of aromatic nitrogens is 5. The van der Waals surface area contributed by atoms with Gasteiger partial charge in [0.15, 0.2) is 0 Å². The molecule has 3 aromatic heterocycles. The molecule has 1 saturated carbocycles. The number of pyridine rings is 1. The highest BCUT2D eigenvalue weighted by molar-refractivity contribution is 5.50. The van der Waals surface area contributed by atoms with Gasteiger partial charge in [0.2, 0.25) is 5.88 Å². The lowest BCUT2D eigenvalue weighted by Gasteiger charge is -2.56. The number of nitrogens with zero attached hydrogens (tertiary/aromatic N) is 8. The predicted octanol–water partition coefficient (Wildman–Crippen LogP) is 3.20. The Morgan fingerprint density at radius 2 is 1.92 bits per heavy atom. The van der Waals surface area contributed by atoms with Crippen molar-refractivity contribution >= 4 is 12.0 Å². The Morgan fingerprint density at radius 3 is 2.58 bits per heavy atom. The lowest BCUT2D eigenvalue weighted by atomic mass is 9.86. The lowest BCUT2D eigenvalue weighted by Crippen LogP contribution is -2.68. The number of piperidine rings is 1. The van der Waals surface area contributed by atoms with Crippen LogP contribution < -0.4 is 9.64 Å². The van der Waals surface area contributed by atoms with Crippen molar-refractivity contribution in [3.05, 3.63) is 65.0 Å². The second-order valence-corrected chi connectivity index (χ2v) is 10.4. The van der Waals surface area contributed by atoms with Crippen LogP contribution in [0.5, 0.6) is 5.88 Å². The minimum atomic E-state index is 0.0210. The molecule has 0 aromatic carbocycles. The van der Waals surface area contributed by atoms with Gasteiger partial charge in [-0.1, -0.05) is 6.07 Å². The minimum absolute atomic E-state index is 0.0210. The van der Waals surface area contributed by atoms with Crippen LogP contribution in [0.4, 0.5) is 5.82 Å². The largest absolute Gasteiger partial charge is 0.481 e. The van der Waals surface area contributed by atoms with Gasteiger partial charge in [-0.2, -0.15) is 10.4 Å². The quantitative estimate of drug-likeness (QED) is 0.531. The average molecular weight is 481 g/mol. The number of allylic oxidation sites excluding steroid dienone is 1. The van der Waals surface area contributed by atoms with E-state index in [1.54, 1.807) is 13.3 Å². The van der Waals surface area contributed by atoms with E-state index in [1.165, 1.54) is 30.4 Å². The third kappa shape index (κ3) is 3.64. The molecule has 4 aliphatic heterocycles. The van der Waals surface area contributed by atoms with Gasteiger partial charge in [0.25, 0.3) is 0 Å². The summed E-state index contributed by atoms with van der Waals surface area (Å²) < 4.78 is 7.07. The average Bonchev–Trinajstić information content (AvgIpc) is 3.71. The lowest BCUT2D eigenvalue weighted by molar-refractivity contribution is -0.00879. The summed E-state index contributed by atoms with van der Waals surface area (Å²) in [6.07, 6.45) is 14.1. The van der Waals surface area contributed by atoms with Gasteiger partial charge in [-0.05, 0) is 42.7 Å². The molecule has 0 amide bonds. The maximum absolute atomic E-state index is 9.64. The van der Waals surface area contributed by atoms with E-state index in [4.69, 9.17) is 14.7 Å². The van der Waals surface area contributed by atoms with Crippen LogP contribution in [-0.2, 0) is 6.54 Å². The van der Waals surface area contributed by atoms with Gasteiger partial charge in [-0.3, -0.25) is 9.88 Å². The standard InChI is InChI=1S/C27H28N8O/c1-36-26-5-2-17(9-31-26)13-34-21-7-22(34)16-33(15-21)25-12-29-24(11-30-25)23-6-19(18-3-4-18)14-35-27(23)20(8-28)10-32-35/h2,5,9-12,14,18,21-23H,3-4,6-7,13,15-16H2,1H3. The van der Waals surface area contributed by atoms with Gasteiger partial charge >= 0.3 is 0 Å². The molecule has 2 bridgehead atoms. The van der Waals surface area contributed by atoms with Crippen molar-refractivity contribution in [2.24, 2.45) is 5.92 Å². The number of nitriles is 1. The Kier molecular flexibility index (Phi) is 5.03. The van der Waals surface area contributed by atoms with Crippen molar-refractivity contribution < 1.29 is 4.74 Å². The highest BCUT2D eigenvalue weighted by Crippen LogP contribution is 2.46. The predicted molar refractivity (Wildman–Crippen MR) is 133 cm³/mol. The van der Waals surface area contributed by atoms with E-state index < -0.39 is 0 Å². The van der Waals surface area contributed by atoms with Crippen molar-refractivity contribution in [1.29, 1.82) is 5.26 Å². The molecule has 1 aliphatic carbocycles. The molecule has 3 saturated heterocycles. The van der Waals surface area contributed by atoms with E-state index in [2.05, 4.69) is 38.2 Å². The van der Waals surface area contributed by atoms with E-state index >= 15 is 0 Å². The highest BCUT2D eigenvalue weighted by atomic mass is 16.5. The molecule has 3 unspecified atom stereocenters. The Morgan fingerprint density at radius 1 is 1.06 bits per heavy atom. The van der Waals surface area contributed by atoms with Crippen LogP contribution in [0.25, 0.3) is 6.20 Å². The van der Waals surface area contributed by atoms with E-state index in [0.29, 0.717) is 29.4 Å². The monoisotopic (exact) mass is 480 g/mol.